The molecule has 2 N–H and O–H groups in total. The molecule has 0 radical (unpaired) electrons. The molecule has 0 atom stereocenters. The molecule has 0 unspecified atom stereocenters. The van der Waals surface area contributed by atoms with Crippen molar-refractivity contribution in [3.63, 3.8) is 0 Å². The van der Waals surface area contributed by atoms with Crippen LogP contribution in [0.25, 0.3) is 22.2 Å². The summed E-state index contributed by atoms with van der Waals surface area (Å²) < 4.78 is 2.32. The van der Waals surface area contributed by atoms with Gasteiger partial charge in [0.05, 0.1) is 11.4 Å². The van der Waals surface area contributed by atoms with Crippen LogP contribution in [-0.4, -0.2) is 15.5 Å². The largest absolute Gasteiger partial charge is 0.361 e. The van der Waals surface area contributed by atoms with Gasteiger partial charge in [0.1, 0.15) is 0 Å². The van der Waals surface area contributed by atoms with Crippen molar-refractivity contribution in [2.45, 2.75) is 25.8 Å². The average molecular weight is 465 g/mol. The summed E-state index contributed by atoms with van der Waals surface area (Å²) in [4.78, 5) is 21.1. The lowest BCUT2D eigenvalue weighted by atomic mass is 9.99. The Balaban J connectivity index is 1.41. The number of aromatic nitrogens is 2. The van der Waals surface area contributed by atoms with Crippen LogP contribution in [0.2, 0.25) is 0 Å². The Hall–Kier alpha value is -3.90. The molecule has 34 heavy (non-hydrogen) atoms. The number of rotatable bonds is 5. The maximum Gasteiger partial charge on any atom is 0.224 e. The predicted molar refractivity (Wildman–Crippen MR) is 138 cm³/mol. The molecule has 1 aliphatic heterocycles. The summed E-state index contributed by atoms with van der Waals surface area (Å²) in [6.07, 6.45) is 4.33. The Labute approximate surface area is 201 Å². The van der Waals surface area contributed by atoms with Gasteiger partial charge in [-0.3, -0.25) is 4.79 Å². The van der Waals surface area contributed by atoms with Crippen LogP contribution >= 0.6 is 11.3 Å². The van der Waals surface area contributed by atoms with Crippen LogP contribution in [0.15, 0.2) is 89.4 Å². The van der Waals surface area contributed by atoms with Crippen LogP contribution in [0, 0.1) is 0 Å². The lowest BCUT2D eigenvalue weighted by Gasteiger charge is -2.18. The maximum absolute atomic E-state index is 11.8. The predicted octanol–water partition coefficient (Wildman–Crippen LogP) is 6.06. The van der Waals surface area contributed by atoms with Gasteiger partial charge in [0, 0.05) is 41.1 Å². The van der Waals surface area contributed by atoms with E-state index >= 15 is 0 Å². The highest BCUT2D eigenvalue weighted by Crippen LogP contribution is 2.30. The Morgan fingerprint density at radius 2 is 1.82 bits per heavy atom. The van der Waals surface area contributed by atoms with E-state index in [0.29, 0.717) is 6.42 Å². The summed E-state index contributed by atoms with van der Waals surface area (Å²) in [7, 11) is 0. The number of amides is 1. The number of carbonyl (C=O) groups is 1. The third-order valence-electron chi connectivity index (χ3n) is 6.35. The van der Waals surface area contributed by atoms with Crippen molar-refractivity contribution in [1.82, 2.24) is 9.55 Å². The molecule has 2 aromatic heterocycles. The molecule has 6 heteroatoms. The van der Waals surface area contributed by atoms with E-state index in [2.05, 4.69) is 62.8 Å². The summed E-state index contributed by atoms with van der Waals surface area (Å²) in [5, 5.41) is 6.45. The van der Waals surface area contributed by atoms with E-state index < -0.39 is 0 Å². The number of anilines is 1. The quantitative estimate of drug-likeness (QED) is 0.326. The number of hydrogen-bond acceptors (Lipinski definition) is 3. The maximum atomic E-state index is 11.8. The minimum atomic E-state index is 0.0912. The van der Waals surface area contributed by atoms with E-state index in [1.54, 1.807) is 11.3 Å². The molecule has 0 saturated heterocycles. The monoisotopic (exact) mass is 464 g/mol. The smallest absolute Gasteiger partial charge is 0.224 e. The third kappa shape index (κ3) is 3.97. The molecular formula is C28H24N4OS. The summed E-state index contributed by atoms with van der Waals surface area (Å²) in [5.74, 6) is 0.0912. The molecule has 0 bridgehead atoms. The first-order chi connectivity index (χ1) is 16.7. The van der Waals surface area contributed by atoms with E-state index in [9.17, 15) is 4.79 Å². The first-order valence-electron chi connectivity index (χ1n) is 11.5. The highest BCUT2D eigenvalue weighted by atomic mass is 32.1. The van der Waals surface area contributed by atoms with Crippen LogP contribution in [0.4, 0.5) is 11.4 Å². The Morgan fingerprint density at radius 3 is 2.74 bits per heavy atom. The molecule has 0 fully saturated rings. The van der Waals surface area contributed by atoms with Gasteiger partial charge in [-0.25, -0.2) is 4.99 Å². The number of fused-ring (bicyclic) bond motifs is 2. The zero-order valence-corrected chi connectivity index (χ0v) is 19.4. The van der Waals surface area contributed by atoms with Crippen LogP contribution in [0.5, 0.6) is 0 Å². The second-order valence-electron chi connectivity index (χ2n) is 8.53. The van der Waals surface area contributed by atoms with E-state index in [1.165, 1.54) is 22.0 Å². The topological polar surface area (TPSA) is 62.2 Å². The molecule has 1 amide bonds. The number of benzene rings is 3. The van der Waals surface area contributed by atoms with E-state index in [-0.39, 0.29) is 5.91 Å². The summed E-state index contributed by atoms with van der Waals surface area (Å²) in [6, 6.07) is 24.9. The molecule has 1 aliphatic rings. The second-order valence-corrected chi connectivity index (χ2v) is 9.37. The molecule has 6 rings (SSSR count). The number of carbonyl (C=O) groups excluding carboxylic acids is 1. The molecule has 5 aromatic rings. The van der Waals surface area contributed by atoms with Gasteiger partial charge in [0.2, 0.25) is 5.91 Å². The standard InChI is InChI=1S/C28H24N4OS/c33-27-13-11-19-16-20(10-12-24(19)31-27)26-18-34-28(30-22-6-2-1-3-7-22)32(26)15-14-21-17-29-25-9-5-4-8-23(21)25/h1-10,12,16-18,29H,11,13-15H2,(H,31,33). The molecule has 3 heterocycles. The Morgan fingerprint density at radius 1 is 0.971 bits per heavy atom. The number of hydrogen-bond donors (Lipinski definition) is 2. The first-order valence-corrected chi connectivity index (χ1v) is 12.4. The Bertz CT molecular complexity index is 1560. The summed E-state index contributed by atoms with van der Waals surface area (Å²) in [6.45, 7) is 0.820. The minimum Gasteiger partial charge on any atom is -0.361 e. The van der Waals surface area contributed by atoms with Crippen LogP contribution in [0.1, 0.15) is 17.5 Å². The lowest BCUT2D eigenvalue weighted by Crippen LogP contribution is -2.19. The van der Waals surface area contributed by atoms with Crippen molar-refractivity contribution in [2.24, 2.45) is 4.99 Å². The number of aromatic amines is 1. The van der Waals surface area contributed by atoms with Crippen molar-refractivity contribution in [1.29, 1.82) is 0 Å². The highest BCUT2D eigenvalue weighted by molar-refractivity contribution is 7.07. The highest BCUT2D eigenvalue weighted by Gasteiger charge is 2.17. The van der Waals surface area contributed by atoms with Crippen molar-refractivity contribution < 1.29 is 4.79 Å². The minimum absolute atomic E-state index is 0.0912. The third-order valence-corrected chi connectivity index (χ3v) is 7.22. The molecule has 0 spiro atoms. The zero-order chi connectivity index (χ0) is 22.9. The number of aryl methyl sites for hydroxylation is 2. The van der Waals surface area contributed by atoms with Crippen molar-refractivity contribution in [3.05, 3.63) is 100 Å². The van der Waals surface area contributed by atoms with Gasteiger partial charge in [-0.1, -0.05) is 42.5 Å². The van der Waals surface area contributed by atoms with Crippen molar-refractivity contribution in [3.8, 4) is 11.3 Å². The van der Waals surface area contributed by atoms with Crippen LogP contribution in [0.3, 0.4) is 0 Å². The van der Waals surface area contributed by atoms with Gasteiger partial charge < -0.3 is 14.9 Å². The van der Waals surface area contributed by atoms with Crippen molar-refractivity contribution in [2.75, 3.05) is 5.32 Å². The first kappa shape index (κ1) is 20.7. The van der Waals surface area contributed by atoms with Gasteiger partial charge in [0.25, 0.3) is 0 Å². The lowest BCUT2D eigenvalue weighted by molar-refractivity contribution is -0.116. The Kier molecular flexibility index (Phi) is 5.35. The molecule has 5 nitrogen and oxygen atoms in total. The van der Waals surface area contributed by atoms with Gasteiger partial charge in [-0.15, -0.1) is 11.3 Å². The van der Waals surface area contributed by atoms with Crippen LogP contribution in [-0.2, 0) is 24.2 Å². The fourth-order valence-electron chi connectivity index (χ4n) is 4.59. The average Bonchev–Trinajstić information content (AvgIpc) is 3.47. The fraction of sp³-hybridized carbons (Fsp3) is 0.143. The van der Waals surface area contributed by atoms with E-state index in [4.69, 9.17) is 4.99 Å². The summed E-state index contributed by atoms with van der Waals surface area (Å²) in [5.41, 5.74) is 7.84. The van der Waals surface area contributed by atoms with Gasteiger partial charge in [-0.05, 0) is 59.9 Å². The van der Waals surface area contributed by atoms with Gasteiger partial charge in [0.15, 0.2) is 4.80 Å². The molecule has 168 valence electrons. The SMILES string of the molecule is O=C1CCc2cc(-c3csc(=Nc4ccccc4)n3CCc3c[nH]c4ccccc34)ccc2N1. The molecular weight excluding hydrogens is 440 g/mol. The molecule has 3 aromatic carbocycles. The van der Waals surface area contributed by atoms with E-state index in [0.717, 1.165) is 46.8 Å². The van der Waals surface area contributed by atoms with Crippen LogP contribution < -0.4 is 10.1 Å². The number of thiazole rings is 1. The number of nitrogens with one attached hydrogen (secondary N) is 2. The second kappa shape index (κ2) is 8.80. The van der Waals surface area contributed by atoms with E-state index in [1.807, 2.05) is 36.4 Å². The summed E-state index contributed by atoms with van der Waals surface area (Å²) >= 11 is 1.66. The molecule has 0 aliphatic carbocycles. The number of nitrogens with zero attached hydrogens (tertiary/aromatic N) is 2. The van der Waals surface area contributed by atoms with Gasteiger partial charge in [-0.2, -0.15) is 0 Å². The number of para-hydroxylation sites is 2. The number of H-pyrrole nitrogens is 1. The fourth-order valence-corrected chi connectivity index (χ4v) is 5.55. The zero-order valence-electron chi connectivity index (χ0n) is 18.6. The van der Waals surface area contributed by atoms with Gasteiger partial charge >= 0.3 is 0 Å². The normalized spacial score (nSPS) is 13.8. The van der Waals surface area contributed by atoms with Crippen molar-refractivity contribution >= 4 is 39.5 Å². The molecule has 0 saturated carbocycles.